The fourth-order valence-electron chi connectivity index (χ4n) is 2.49. The highest BCUT2D eigenvalue weighted by Crippen LogP contribution is 2.25. The van der Waals surface area contributed by atoms with Gasteiger partial charge in [0.1, 0.15) is 0 Å². The lowest BCUT2D eigenvalue weighted by molar-refractivity contribution is 0.152. The largest absolute Gasteiger partial charge is 0.380 e. The third kappa shape index (κ3) is 4.65. The van der Waals surface area contributed by atoms with Crippen LogP contribution in [0.3, 0.4) is 0 Å². The quantitative estimate of drug-likeness (QED) is 0.902. The molecule has 1 aliphatic rings. The molecule has 0 bridgehead atoms. The second kappa shape index (κ2) is 7.87. The van der Waals surface area contributed by atoms with Crippen LogP contribution in [0.5, 0.6) is 0 Å². The van der Waals surface area contributed by atoms with Crippen molar-refractivity contribution in [2.24, 2.45) is 5.92 Å². The van der Waals surface area contributed by atoms with E-state index in [0.29, 0.717) is 5.92 Å². The molecule has 1 heterocycles. The predicted octanol–water partition coefficient (Wildman–Crippen LogP) is 3.31. The summed E-state index contributed by atoms with van der Waals surface area (Å²) in [7, 11) is 0. The highest BCUT2D eigenvalue weighted by molar-refractivity contribution is 6.30. The normalized spacial score (nSPS) is 16.5. The fourth-order valence-corrected chi connectivity index (χ4v) is 2.68. The van der Waals surface area contributed by atoms with Crippen LogP contribution >= 0.6 is 11.6 Å². The van der Waals surface area contributed by atoms with Crippen LogP contribution < -0.4 is 10.2 Å². The molecule has 1 aromatic carbocycles. The molecule has 0 spiro atoms. The molecule has 0 atom stereocenters. The molecule has 112 valence electrons. The van der Waals surface area contributed by atoms with Crippen LogP contribution in [-0.2, 0) is 11.3 Å². The second-order valence-corrected chi connectivity index (χ2v) is 6.19. The van der Waals surface area contributed by atoms with Crippen LogP contribution in [0, 0.1) is 5.92 Å². The van der Waals surface area contributed by atoms with Crippen molar-refractivity contribution in [2.75, 3.05) is 37.7 Å². The van der Waals surface area contributed by atoms with E-state index >= 15 is 0 Å². The Kier molecular flexibility index (Phi) is 6.14. The molecule has 4 heteroatoms. The number of hydrogen-bond donors (Lipinski definition) is 1. The third-order valence-corrected chi connectivity index (χ3v) is 3.71. The minimum atomic E-state index is 0.657. The topological polar surface area (TPSA) is 24.5 Å². The number of nitrogens with one attached hydrogen (secondary N) is 1. The van der Waals surface area contributed by atoms with Crippen LogP contribution in [0.2, 0.25) is 5.02 Å². The molecule has 3 nitrogen and oxygen atoms in total. The van der Waals surface area contributed by atoms with Crippen molar-refractivity contribution in [1.29, 1.82) is 0 Å². The van der Waals surface area contributed by atoms with Gasteiger partial charge in [-0.05, 0) is 42.6 Å². The first-order valence-corrected chi connectivity index (χ1v) is 7.86. The number of rotatable bonds is 5. The standard InChI is InChI=1S/C16H25ClN2O/c1-13(2)11-18-12-14-10-15(17)4-5-16(14)19-6-3-8-20-9-7-19/h4-5,10,13,18H,3,6-9,11-12H2,1-2H3. The van der Waals surface area contributed by atoms with Gasteiger partial charge in [0.25, 0.3) is 0 Å². The zero-order valence-corrected chi connectivity index (χ0v) is 13.2. The van der Waals surface area contributed by atoms with Gasteiger partial charge in [0.05, 0.1) is 6.61 Å². The van der Waals surface area contributed by atoms with Crippen molar-refractivity contribution < 1.29 is 4.74 Å². The van der Waals surface area contributed by atoms with E-state index in [2.05, 4.69) is 36.2 Å². The van der Waals surface area contributed by atoms with Gasteiger partial charge in [0, 0.05) is 37.0 Å². The number of anilines is 1. The summed E-state index contributed by atoms with van der Waals surface area (Å²) in [6.45, 7) is 10.0. The van der Waals surface area contributed by atoms with Gasteiger partial charge in [0.2, 0.25) is 0 Å². The summed E-state index contributed by atoms with van der Waals surface area (Å²) in [5.74, 6) is 0.657. The molecule has 1 N–H and O–H groups in total. The van der Waals surface area contributed by atoms with E-state index in [0.717, 1.165) is 50.8 Å². The number of nitrogens with zero attached hydrogens (tertiary/aromatic N) is 1. The molecule has 0 unspecified atom stereocenters. The van der Waals surface area contributed by atoms with Crippen LogP contribution in [0.25, 0.3) is 0 Å². The highest BCUT2D eigenvalue weighted by atomic mass is 35.5. The summed E-state index contributed by atoms with van der Waals surface area (Å²) < 4.78 is 5.54. The third-order valence-electron chi connectivity index (χ3n) is 3.47. The van der Waals surface area contributed by atoms with Crippen LogP contribution in [-0.4, -0.2) is 32.8 Å². The molecule has 20 heavy (non-hydrogen) atoms. The molecule has 0 amide bonds. The Labute approximate surface area is 127 Å². The van der Waals surface area contributed by atoms with Gasteiger partial charge in [-0.2, -0.15) is 0 Å². The molecule has 0 radical (unpaired) electrons. The predicted molar refractivity (Wildman–Crippen MR) is 85.6 cm³/mol. The van der Waals surface area contributed by atoms with E-state index in [1.54, 1.807) is 0 Å². The van der Waals surface area contributed by atoms with Crippen molar-refractivity contribution in [3.63, 3.8) is 0 Å². The second-order valence-electron chi connectivity index (χ2n) is 5.75. The summed E-state index contributed by atoms with van der Waals surface area (Å²) in [5.41, 5.74) is 2.57. The maximum absolute atomic E-state index is 6.16. The Bertz CT molecular complexity index is 415. The van der Waals surface area contributed by atoms with E-state index in [1.807, 2.05) is 6.07 Å². The first kappa shape index (κ1) is 15.6. The number of halogens is 1. The van der Waals surface area contributed by atoms with E-state index < -0.39 is 0 Å². The molecule has 0 saturated carbocycles. The van der Waals surface area contributed by atoms with Crippen molar-refractivity contribution >= 4 is 17.3 Å². The number of ether oxygens (including phenoxy) is 1. The lowest BCUT2D eigenvalue weighted by Gasteiger charge is -2.25. The van der Waals surface area contributed by atoms with Gasteiger partial charge in [-0.1, -0.05) is 25.4 Å². The summed E-state index contributed by atoms with van der Waals surface area (Å²) in [5, 5.41) is 4.31. The molecule has 2 rings (SSSR count). The highest BCUT2D eigenvalue weighted by Gasteiger charge is 2.14. The van der Waals surface area contributed by atoms with Gasteiger partial charge in [-0.25, -0.2) is 0 Å². The smallest absolute Gasteiger partial charge is 0.0641 e. The Hall–Kier alpha value is -0.770. The fraction of sp³-hybridized carbons (Fsp3) is 0.625. The molecular formula is C16H25ClN2O. The van der Waals surface area contributed by atoms with Crippen molar-refractivity contribution in [1.82, 2.24) is 5.32 Å². The van der Waals surface area contributed by atoms with E-state index in [4.69, 9.17) is 16.3 Å². The molecular weight excluding hydrogens is 272 g/mol. The summed E-state index contributed by atoms with van der Waals surface area (Å²) >= 11 is 6.16. The lowest BCUT2D eigenvalue weighted by Crippen LogP contribution is -2.28. The average Bonchev–Trinajstić information content (AvgIpc) is 2.67. The van der Waals surface area contributed by atoms with Crippen molar-refractivity contribution in [3.8, 4) is 0 Å². The molecule has 0 aromatic heterocycles. The monoisotopic (exact) mass is 296 g/mol. The Balaban J connectivity index is 2.09. The van der Waals surface area contributed by atoms with E-state index in [-0.39, 0.29) is 0 Å². The van der Waals surface area contributed by atoms with Crippen LogP contribution in [0.1, 0.15) is 25.8 Å². The Morgan fingerprint density at radius 3 is 2.95 bits per heavy atom. The minimum Gasteiger partial charge on any atom is -0.380 e. The van der Waals surface area contributed by atoms with Gasteiger partial charge in [-0.15, -0.1) is 0 Å². The molecule has 1 saturated heterocycles. The zero-order chi connectivity index (χ0) is 14.4. The number of benzene rings is 1. The van der Waals surface area contributed by atoms with Crippen molar-refractivity contribution in [2.45, 2.75) is 26.8 Å². The van der Waals surface area contributed by atoms with Crippen LogP contribution in [0.15, 0.2) is 18.2 Å². The molecule has 0 aliphatic carbocycles. The first-order chi connectivity index (χ1) is 9.66. The minimum absolute atomic E-state index is 0.657. The van der Waals surface area contributed by atoms with Gasteiger partial charge < -0.3 is 15.0 Å². The molecule has 1 aromatic rings. The van der Waals surface area contributed by atoms with Crippen LogP contribution in [0.4, 0.5) is 5.69 Å². The Morgan fingerprint density at radius 2 is 2.15 bits per heavy atom. The zero-order valence-electron chi connectivity index (χ0n) is 12.5. The first-order valence-electron chi connectivity index (χ1n) is 7.48. The molecule has 1 fully saturated rings. The number of hydrogen-bond acceptors (Lipinski definition) is 3. The van der Waals surface area contributed by atoms with E-state index in [9.17, 15) is 0 Å². The maximum atomic E-state index is 6.16. The van der Waals surface area contributed by atoms with Gasteiger partial charge in [0.15, 0.2) is 0 Å². The summed E-state index contributed by atoms with van der Waals surface area (Å²) in [4.78, 5) is 2.41. The average molecular weight is 297 g/mol. The van der Waals surface area contributed by atoms with Gasteiger partial charge >= 0.3 is 0 Å². The lowest BCUT2D eigenvalue weighted by atomic mass is 10.1. The van der Waals surface area contributed by atoms with Crippen molar-refractivity contribution in [3.05, 3.63) is 28.8 Å². The van der Waals surface area contributed by atoms with E-state index in [1.165, 1.54) is 11.3 Å². The summed E-state index contributed by atoms with van der Waals surface area (Å²) in [6.07, 6.45) is 1.08. The SMILES string of the molecule is CC(C)CNCc1cc(Cl)ccc1N1CCCOCC1. The Morgan fingerprint density at radius 1 is 1.30 bits per heavy atom. The maximum Gasteiger partial charge on any atom is 0.0641 e. The summed E-state index contributed by atoms with van der Waals surface area (Å²) in [6, 6.07) is 6.20. The van der Waals surface area contributed by atoms with Gasteiger partial charge in [-0.3, -0.25) is 0 Å². The molecule has 1 aliphatic heterocycles.